The highest BCUT2D eigenvalue weighted by atomic mass is 19.4. The average molecular weight is 494 g/mol. The molecular formula is C23H16F6N4O2. The second-order valence-electron chi connectivity index (χ2n) is 7.59. The highest BCUT2D eigenvalue weighted by Crippen LogP contribution is 2.37. The summed E-state index contributed by atoms with van der Waals surface area (Å²) in [5.41, 5.74) is -1.92. The summed E-state index contributed by atoms with van der Waals surface area (Å²) in [5, 5.41) is 6.70. The van der Waals surface area contributed by atoms with Crippen LogP contribution in [0.25, 0.3) is 11.3 Å². The molecule has 0 saturated carbocycles. The Kier molecular flexibility index (Phi) is 6.14. The maximum absolute atomic E-state index is 13.4. The van der Waals surface area contributed by atoms with E-state index in [0.29, 0.717) is 23.1 Å². The largest absolute Gasteiger partial charge is 0.464 e. The molecule has 0 saturated heterocycles. The van der Waals surface area contributed by atoms with E-state index < -0.39 is 41.5 Å². The van der Waals surface area contributed by atoms with Crippen molar-refractivity contribution in [3.63, 3.8) is 0 Å². The lowest BCUT2D eigenvalue weighted by Crippen LogP contribution is -2.15. The molecule has 0 fully saturated rings. The number of carbonyl (C=O) groups is 1. The summed E-state index contributed by atoms with van der Waals surface area (Å²) in [4.78, 5) is 16.7. The number of carbonyl (C=O) groups excluding carboxylic acids is 1. The van der Waals surface area contributed by atoms with E-state index in [1.807, 2.05) is 0 Å². The maximum Gasteiger partial charge on any atom is 0.416 e. The van der Waals surface area contributed by atoms with E-state index in [1.54, 1.807) is 18.2 Å². The fourth-order valence-electron chi connectivity index (χ4n) is 3.39. The van der Waals surface area contributed by atoms with Crippen LogP contribution >= 0.6 is 0 Å². The van der Waals surface area contributed by atoms with Crippen LogP contribution in [0, 0.1) is 6.92 Å². The Bertz CT molecular complexity index is 1360. The Morgan fingerprint density at radius 1 is 1.06 bits per heavy atom. The quantitative estimate of drug-likeness (QED) is 0.336. The molecule has 3 heterocycles. The normalized spacial score (nSPS) is 12.1. The van der Waals surface area contributed by atoms with Gasteiger partial charge in [0.25, 0.3) is 5.91 Å². The Balaban J connectivity index is 1.56. The van der Waals surface area contributed by atoms with Crippen molar-refractivity contribution >= 4 is 11.6 Å². The minimum Gasteiger partial charge on any atom is -0.464 e. The van der Waals surface area contributed by atoms with Gasteiger partial charge < -0.3 is 9.73 Å². The molecule has 1 aromatic carbocycles. The molecular weight excluding hydrogens is 478 g/mol. The van der Waals surface area contributed by atoms with Gasteiger partial charge in [-0.1, -0.05) is 6.07 Å². The molecule has 4 rings (SSSR count). The number of furan rings is 1. The van der Waals surface area contributed by atoms with Crippen LogP contribution in [0.4, 0.5) is 32.0 Å². The highest BCUT2D eigenvalue weighted by Gasteiger charge is 2.38. The lowest BCUT2D eigenvalue weighted by Gasteiger charge is -2.16. The zero-order chi connectivity index (χ0) is 25.4. The predicted octanol–water partition coefficient (Wildman–Crippen LogP) is 6.18. The molecule has 0 spiro atoms. The first kappa shape index (κ1) is 24.0. The second-order valence-corrected chi connectivity index (χ2v) is 7.59. The van der Waals surface area contributed by atoms with Gasteiger partial charge in [-0.3, -0.25) is 14.5 Å². The Morgan fingerprint density at radius 3 is 2.49 bits per heavy atom. The third kappa shape index (κ3) is 5.36. The van der Waals surface area contributed by atoms with Crippen molar-refractivity contribution in [2.24, 2.45) is 0 Å². The number of amides is 1. The van der Waals surface area contributed by atoms with Gasteiger partial charge in [-0.15, -0.1) is 0 Å². The van der Waals surface area contributed by atoms with Gasteiger partial charge in [0.05, 0.1) is 40.9 Å². The summed E-state index contributed by atoms with van der Waals surface area (Å²) < 4.78 is 85.4. The van der Waals surface area contributed by atoms with Crippen molar-refractivity contribution in [1.82, 2.24) is 14.8 Å². The number of nitrogens with zero attached hydrogens (tertiary/aromatic N) is 3. The number of rotatable bonds is 5. The number of halogens is 6. The van der Waals surface area contributed by atoms with E-state index in [-0.39, 0.29) is 17.3 Å². The molecule has 182 valence electrons. The number of alkyl halides is 6. The van der Waals surface area contributed by atoms with Crippen LogP contribution in [0.2, 0.25) is 0 Å². The summed E-state index contributed by atoms with van der Waals surface area (Å²) in [6, 6.07) is 6.37. The molecule has 0 bridgehead atoms. The van der Waals surface area contributed by atoms with E-state index in [1.165, 1.54) is 31.8 Å². The maximum atomic E-state index is 13.4. The summed E-state index contributed by atoms with van der Waals surface area (Å²) in [6.45, 7) is 1.07. The molecule has 4 aromatic rings. The lowest BCUT2D eigenvalue weighted by atomic mass is 10.0. The van der Waals surface area contributed by atoms with Crippen LogP contribution in [0.15, 0.2) is 65.7 Å². The lowest BCUT2D eigenvalue weighted by molar-refractivity contribution is -0.143. The molecule has 3 aromatic heterocycles. The minimum absolute atomic E-state index is 0.0768. The van der Waals surface area contributed by atoms with E-state index in [0.717, 1.165) is 10.7 Å². The molecule has 0 radical (unpaired) electrons. The van der Waals surface area contributed by atoms with Gasteiger partial charge in [0.15, 0.2) is 0 Å². The number of hydrogen-bond donors (Lipinski definition) is 1. The van der Waals surface area contributed by atoms with Crippen LogP contribution in [-0.4, -0.2) is 20.7 Å². The van der Waals surface area contributed by atoms with Gasteiger partial charge in [0.1, 0.15) is 5.76 Å². The summed E-state index contributed by atoms with van der Waals surface area (Å²) in [6.07, 6.45) is -4.29. The molecule has 0 aliphatic rings. The van der Waals surface area contributed by atoms with Gasteiger partial charge in [0.2, 0.25) is 0 Å². The van der Waals surface area contributed by atoms with Crippen LogP contribution in [0.1, 0.15) is 32.7 Å². The van der Waals surface area contributed by atoms with Gasteiger partial charge in [-0.05, 0) is 42.8 Å². The van der Waals surface area contributed by atoms with Crippen LogP contribution in [0.5, 0.6) is 0 Å². The smallest absolute Gasteiger partial charge is 0.416 e. The van der Waals surface area contributed by atoms with E-state index in [2.05, 4.69) is 15.4 Å². The first-order chi connectivity index (χ1) is 16.4. The fourth-order valence-corrected chi connectivity index (χ4v) is 3.39. The monoisotopic (exact) mass is 494 g/mol. The molecule has 0 aliphatic heterocycles. The van der Waals surface area contributed by atoms with Crippen molar-refractivity contribution in [3.05, 3.63) is 89.2 Å². The zero-order valence-electron chi connectivity index (χ0n) is 17.9. The number of pyridine rings is 1. The molecule has 12 heteroatoms. The predicted molar refractivity (Wildman–Crippen MR) is 112 cm³/mol. The van der Waals surface area contributed by atoms with E-state index in [9.17, 15) is 31.1 Å². The Morgan fingerprint density at radius 2 is 1.83 bits per heavy atom. The van der Waals surface area contributed by atoms with Gasteiger partial charge in [-0.25, -0.2) is 0 Å². The third-order valence-electron chi connectivity index (χ3n) is 5.08. The molecule has 6 nitrogen and oxygen atoms in total. The number of hydrogen-bond acceptors (Lipinski definition) is 4. The van der Waals surface area contributed by atoms with Gasteiger partial charge in [-0.2, -0.15) is 31.4 Å². The van der Waals surface area contributed by atoms with Crippen LogP contribution < -0.4 is 5.32 Å². The van der Waals surface area contributed by atoms with Crippen molar-refractivity contribution in [1.29, 1.82) is 0 Å². The number of aromatic nitrogens is 3. The van der Waals surface area contributed by atoms with Crippen molar-refractivity contribution in [2.45, 2.75) is 25.8 Å². The number of aryl methyl sites for hydroxylation is 1. The minimum atomic E-state index is -5.00. The third-order valence-corrected chi connectivity index (χ3v) is 5.08. The topological polar surface area (TPSA) is 73.0 Å². The van der Waals surface area contributed by atoms with Crippen molar-refractivity contribution < 1.29 is 35.6 Å². The molecule has 0 atom stereocenters. The highest BCUT2D eigenvalue weighted by molar-refractivity contribution is 6.04. The number of nitrogens with one attached hydrogen (secondary N) is 1. The van der Waals surface area contributed by atoms with Gasteiger partial charge >= 0.3 is 12.4 Å². The summed E-state index contributed by atoms with van der Waals surface area (Å²) >= 11 is 0. The zero-order valence-corrected chi connectivity index (χ0v) is 17.9. The SMILES string of the molecule is Cc1nn(Cc2ccc(C(F)(F)F)cc2C(F)(F)F)cc1NC(=O)c1cncc(-c2ccco2)c1. The summed E-state index contributed by atoms with van der Waals surface area (Å²) in [5.74, 6) is -0.0350. The second kappa shape index (κ2) is 8.93. The Labute approximate surface area is 194 Å². The molecule has 0 unspecified atom stereocenters. The van der Waals surface area contributed by atoms with E-state index >= 15 is 0 Å². The van der Waals surface area contributed by atoms with Crippen LogP contribution in [-0.2, 0) is 18.9 Å². The van der Waals surface area contributed by atoms with Crippen molar-refractivity contribution in [2.75, 3.05) is 5.32 Å². The van der Waals surface area contributed by atoms with Gasteiger partial charge in [0, 0.05) is 24.2 Å². The standard InChI is InChI=1S/C23H16F6N4O2/c1-13-19(31-21(34)16-7-15(9-30-10-16)20-3-2-6-35-20)12-33(32-13)11-14-4-5-17(22(24,25)26)8-18(14)23(27,28)29/h2-10,12H,11H2,1H3,(H,31,34). The van der Waals surface area contributed by atoms with Crippen LogP contribution in [0.3, 0.4) is 0 Å². The molecule has 1 N–H and O–H groups in total. The Hall–Kier alpha value is -4.09. The first-order valence-electron chi connectivity index (χ1n) is 10.0. The van der Waals surface area contributed by atoms with Crippen molar-refractivity contribution in [3.8, 4) is 11.3 Å². The molecule has 0 aliphatic carbocycles. The summed E-state index contributed by atoms with van der Waals surface area (Å²) in [7, 11) is 0. The fraction of sp³-hybridized carbons (Fsp3) is 0.174. The molecule has 1 amide bonds. The average Bonchev–Trinajstić information content (AvgIpc) is 3.43. The number of benzene rings is 1. The number of anilines is 1. The first-order valence-corrected chi connectivity index (χ1v) is 10.0. The van der Waals surface area contributed by atoms with E-state index in [4.69, 9.17) is 4.42 Å². The molecule has 35 heavy (non-hydrogen) atoms.